The second kappa shape index (κ2) is 6.39. The summed E-state index contributed by atoms with van der Waals surface area (Å²) in [6.07, 6.45) is 3.83. The average molecular weight is 298 g/mol. The van der Waals surface area contributed by atoms with Crippen molar-refractivity contribution in [2.45, 2.75) is 39.5 Å². The van der Waals surface area contributed by atoms with Gasteiger partial charge in [-0.25, -0.2) is 9.97 Å². The molecule has 0 amide bonds. The normalized spacial score (nSPS) is 16.9. The number of aromatic nitrogens is 2. The summed E-state index contributed by atoms with van der Waals surface area (Å²) >= 11 is 5.91. The van der Waals surface area contributed by atoms with E-state index in [1.54, 1.807) is 13.0 Å². The van der Waals surface area contributed by atoms with Crippen LogP contribution in [-0.2, 0) is 9.53 Å². The van der Waals surface area contributed by atoms with Crippen molar-refractivity contribution in [3.05, 3.63) is 17.0 Å². The molecular weight excluding hydrogens is 278 g/mol. The van der Waals surface area contributed by atoms with E-state index in [2.05, 4.69) is 15.3 Å². The first-order valence-corrected chi connectivity index (χ1v) is 7.36. The Kier molecular flexibility index (Phi) is 4.81. The summed E-state index contributed by atoms with van der Waals surface area (Å²) < 4.78 is 5.23. The number of ether oxygens (including phenoxy) is 1. The number of esters is 1. The molecule has 110 valence electrons. The molecule has 1 aliphatic carbocycles. The van der Waals surface area contributed by atoms with E-state index in [1.165, 1.54) is 0 Å². The standard InChI is InChI=1S/C14H20ClN3O2/c1-3-20-13(19)14(6-4-5-7-14)9-16-12-8-11(15)17-10(2)18-12/h8H,3-7,9H2,1-2H3,(H,16,17,18). The molecule has 0 radical (unpaired) electrons. The molecule has 2 rings (SSSR count). The lowest BCUT2D eigenvalue weighted by Gasteiger charge is -2.26. The molecule has 1 saturated carbocycles. The minimum Gasteiger partial charge on any atom is -0.466 e. The van der Waals surface area contributed by atoms with E-state index in [9.17, 15) is 4.79 Å². The first-order valence-electron chi connectivity index (χ1n) is 6.98. The van der Waals surface area contributed by atoms with Gasteiger partial charge in [-0.05, 0) is 26.7 Å². The SMILES string of the molecule is CCOC(=O)C1(CNc2cc(Cl)nc(C)n2)CCCC1. The second-order valence-electron chi connectivity index (χ2n) is 5.18. The molecular formula is C14H20ClN3O2. The Bertz CT molecular complexity index is 467. The fourth-order valence-corrected chi connectivity index (χ4v) is 2.90. The number of hydrogen-bond acceptors (Lipinski definition) is 5. The van der Waals surface area contributed by atoms with Crippen molar-refractivity contribution in [1.82, 2.24) is 9.97 Å². The van der Waals surface area contributed by atoms with Gasteiger partial charge >= 0.3 is 5.97 Å². The Labute approximate surface area is 124 Å². The monoisotopic (exact) mass is 297 g/mol. The molecule has 1 aliphatic rings. The summed E-state index contributed by atoms with van der Waals surface area (Å²) in [6.45, 7) is 4.56. The molecule has 0 atom stereocenters. The van der Waals surface area contributed by atoms with Gasteiger partial charge < -0.3 is 10.1 Å². The zero-order valence-electron chi connectivity index (χ0n) is 11.9. The average Bonchev–Trinajstić information content (AvgIpc) is 2.86. The zero-order valence-corrected chi connectivity index (χ0v) is 12.7. The molecule has 1 heterocycles. The highest BCUT2D eigenvalue weighted by molar-refractivity contribution is 6.29. The molecule has 1 fully saturated rings. The molecule has 0 aromatic carbocycles. The maximum atomic E-state index is 12.2. The van der Waals surface area contributed by atoms with Gasteiger partial charge in [0.1, 0.15) is 16.8 Å². The number of anilines is 1. The summed E-state index contributed by atoms with van der Waals surface area (Å²) in [5.41, 5.74) is -0.429. The number of halogens is 1. The topological polar surface area (TPSA) is 64.1 Å². The van der Waals surface area contributed by atoms with Crippen LogP contribution in [0.2, 0.25) is 5.15 Å². The number of nitrogens with zero attached hydrogens (tertiary/aromatic N) is 2. The second-order valence-corrected chi connectivity index (χ2v) is 5.57. The Morgan fingerprint density at radius 1 is 1.45 bits per heavy atom. The van der Waals surface area contributed by atoms with Crippen LogP contribution in [0.4, 0.5) is 5.82 Å². The van der Waals surface area contributed by atoms with Crippen LogP contribution in [0.25, 0.3) is 0 Å². The van der Waals surface area contributed by atoms with E-state index in [0.717, 1.165) is 25.7 Å². The minimum absolute atomic E-state index is 0.109. The number of hydrogen-bond donors (Lipinski definition) is 1. The summed E-state index contributed by atoms with van der Waals surface area (Å²) in [5, 5.41) is 3.61. The van der Waals surface area contributed by atoms with Crippen LogP contribution in [0.15, 0.2) is 6.07 Å². The van der Waals surface area contributed by atoms with Gasteiger partial charge in [-0.1, -0.05) is 24.4 Å². The predicted molar refractivity (Wildman–Crippen MR) is 77.8 cm³/mol. The molecule has 20 heavy (non-hydrogen) atoms. The van der Waals surface area contributed by atoms with Crippen LogP contribution in [0.1, 0.15) is 38.4 Å². The lowest BCUT2D eigenvalue weighted by Crippen LogP contribution is -2.37. The fraction of sp³-hybridized carbons (Fsp3) is 0.643. The van der Waals surface area contributed by atoms with Crippen molar-refractivity contribution in [1.29, 1.82) is 0 Å². The molecule has 5 nitrogen and oxygen atoms in total. The highest BCUT2D eigenvalue weighted by Crippen LogP contribution is 2.39. The lowest BCUT2D eigenvalue weighted by molar-refractivity contribution is -0.154. The van der Waals surface area contributed by atoms with Gasteiger partial charge in [0.2, 0.25) is 0 Å². The molecule has 0 bridgehead atoms. The number of carbonyl (C=O) groups is 1. The van der Waals surface area contributed by atoms with E-state index in [4.69, 9.17) is 16.3 Å². The molecule has 0 aliphatic heterocycles. The molecule has 0 spiro atoms. The first kappa shape index (κ1) is 15.0. The van der Waals surface area contributed by atoms with E-state index in [0.29, 0.717) is 29.9 Å². The van der Waals surface area contributed by atoms with Gasteiger partial charge in [-0.15, -0.1) is 0 Å². The third-order valence-corrected chi connectivity index (χ3v) is 3.88. The van der Waals surface area contributed by atoms with Gasteiger partial charge in [0.25, 0.3) is 0 Å². The summed E-state index contributed by atoms with van der Waals surface area (Å²) in [5.74, 6) is 1.15. The van der Waals surface area contributed by atoms with Crippen molar-refractivity contribution >= 4 is 23.4 Å². The van der Waals surface area contributed by atoms with Crippen molar-refractivity contribution < 1.29 is 9.53 Å². The van der Waals surface area contributed by atoms with Crippen LogP contribution in [0.3, 0.4) is 0 Å². The van der Waals surface area contributed by atoms with Crippen LogP contribution in [0.5, 0.6) is 0 Å². The summed E-state index contributed by atoms with van der Waals surface area (Å²) in [6, 6.07) is 1.67. The van der Waals surface area contributed by atoms with Gasteiger partial charge in [0, 0.05) is 12.6 Å². The number of nitrogens with one attached hydrogen (secondary N) is 1. The third kappa shape index (κ3) is 3.39. The van der Waals surface area contributed by atoms with Crippen molar-refractivity contribution in [2.75, 3.05) is 18.5 Å². The molecule has 0 saturated heterocycles. The van der Waals surface area contributed by atoms with Gasteiger partial charge in [0.15, 0.2) is 0 Å². The number of aryl methyl sites for hydroxylation is 1. The minimum atomic E-state index is -0.429. The van der Waals surface area contributed by atoms with Gasteiger partial charge in [-0.3, -0.25) is 4.79 Å². The molecule has 1 aromatic heterocycles. The highest BCUT2D eigenvalue weighted by atomic mass is 35.5. The zero-order chi connectivity index (χ0) is 14.6. The Hall–Kier alpha value is -1.36. The van der Waals surface area contributed by atoms with Crippen LogP contribution in [0, 0.1) is 12.3 Å². The third-order valence-electron chi connectivity index (χ3n) is 3.68. The predicted octanol–water partition coefficient (Wildman–Crippen LogP) is 2.97. The first-order chi connectivity index (χ1) is 9.55. The molecule has 0 unspecified atom stereocenters. The summed E-state index contributed by atoms with van der Waals surface area (Å²) in [4.78, 5) is 20.5. The van der Waals surface area contributed by atoms with E-state index in [-0.39, 0.29) is 5.97 Å². The molecule has 1 N–H and O–H groups in total. The van der Waals surface area contributed by atoms with Gasteiger partial charge in [-0.2, -0.15) is 0 Å². The van der Waals surface area contributed by atoms with Crippen LogP contribution >= 0.6 is 11.6 Å². The fourth-order valence-electron chi connectivity index (χ4n) is 2.67. The number of rotatable bonds is 5. The van der Waals surface area contributed by atoms with Crippen LogP contribution < -0.4 is 5.32 Å². The summed E-state index contributed by atoms with van der Waals surface area (Å²) in [7, 11) is 0. The van der Waals surface area contributed by atoms with Crippen molar-refractivity contribution in [3.8, 4) is 0 Å². The largest absolute Gasteiger partial charge is 0.466 e. The number of carbonyl (C=O) groups excluding carboxylic acids is 1. The van der Waals surface area contributed by atoms with Crippen molar-refractivity contribution in [3.63, 3.8) is 0 Å². The Morgan fingerprint density at radius 3 is 2.75 bits per heavy atom. The lowest BCUT2D eigenvalue weighted by atomic mass is 9.86. The van der Waals surface area contributed by atoms with E-state index >= 15 is 0 Å². The highest BCUT2D eigenvalue weighted by Gasteiger charge is 2.42. The van der Waals surface area contributed by atoms with E-state index in [1.807, 2.05) is 6.92 Å². The van der Waals surface area contributed by atoms with Gasteiger partial charge in [0.05, 0.1) is 12.0 Å². The van der Waals surface area contributed by atoms with Crippen molar-refractivity contribution in [2.24, 2.45) is 5.41 Å². The molecule has 1 aromatic rings. The maximum absolute atomic E-state index is 12.2. The maximum Gasteiger partial charge on any atom is 0.313 e. The molecule has 6 heteroatoms. The van der Waals surface area contributed by atoms with E-state index < -0.39 is 5.41 Å². The quantitative estimate of drug-likeness (QED) is 0.668. The smallest absolute Gasteiger partial charge is 0.313 e. The van der Waals surface area contributed by atoms with Crippen LogP contribution in [-0.4, -0.2) is 29.1 Å². The Balaban J connectivity index is 2.07. The Morgan fingerprint density at radius 2 is 2.15 bits per heavy atom.